The third kappa shape index (κ3) is 3.00. The highest BCUT2D eigenvalue weighted by atomic mass is 16.5. The summed E-state index contributed by atoms with van der Waals surface area (Å²) < 4.78 is 6.33. The second kappa shape index (κ2) is 8.07. The van der Waals surface area contributed by atoms with Crippen molar-refractivity contribution in [3.63, 3.8) is 0 Å². The van der Waals surface area contributed by atoms with Crippen molar-refractivity contribution in [2.45, 2.75) is 38.0 Å². The minimum atomic E-state index is -2.03. The zero-order valence-corrected chi connectivity index (χ0v) is 20.0. The van der Waals surface area contributed by atoms with Crippen molar-refractivity contribution in [3.05, 3.63) is 107 Å². The van der Waals surface area contributed by atoms with Crippen molar-refractivity contribution in [1.82, 2.24) is 4.90 Å². The zero-order valence-electron chi connectivity index (χ0n) is 20.0. The van der Waals surface area contributed by atoms with Crippen molar-refractivity contribution < 1.29 is 23.9 Å². The van der Waals surface area contributed by atoms with Crippen molar-refractivity contribution in [2.24, 2.45) is 11.8 Å². The Bertz CT molecular complexity index is 1380. The molecule has 6 nitrogen and oxygen atoms in total. The Balaban J connectivity index is 1.46. The van der Waals surface area contributed by atoms with Crippen LogP contribution in [0.15, 0.2) is 78.9 Å². The van der Waals surface area contributed by atoms with Gasteiger partial charge in [0.05, 0.1) is 17.9 Å². The van der Waals surface area contributed by atoms with E-state index in [-0.39, 0.29) is 11.1 Å². The van der Waals surface area contributed by atoms with Crippen LogP contribution in [0.1, 0.15) is 50.4 Å². The van der Waals surface area contributed by atoms with Crippen LogP contribution in [-0.4, -0.2) is 39.9 Å². The number of aryl methyl sites for hydroxylation is 1. The van der Waals surface area contributed by atoms with E-state index >= 15 is 0 Å². The Morgan fingerprint density at radius 3 is 2.00 bits per heavy atom. The molecule has 0 bridgehead atoms. The highest BCUT2D eigenvalue weighted by molar-refractivity contribution is 6.35. The van der Waals surface area contributed by atoms with Gasteiger partial charge in [0.1, 0.15) is 0 Å². The Kier molecular flexibility index (Phi) is 5.05. The summed E-state index contributed by atoms with van der Waals surface area (Å²) in [5, 5.41) is 0. The smallest absolute Gasteiger partial charge is 0.237 e. The molecule has 4 atom stereocenters. The largest absolute Gasteiger partial charge is 0.349 e. The van der Waals surface area contributed by atoms with Crippen LogP contribution < -0.4 is 0 Å². The van der Waals surface area contributed by atoms with Gasteiger partial charge in [-0.3, -0.25) is 24.1 Å². The predicted octanol–water partition coefficient (Wildman–Crippen LogP) is 4.12. The number of likely N-dealkylation sites (tertiary alicyclic amines) is 1. The van der Waals surface area contributed by atoms with Gasteiger partial charge in [0, 0.05) is 17.2 Å². The molecule has 3 aromatic carbocycles. The van der Waals surface area contributed by atoms with Crippen LogP contribution >= 0.6 is 0 Å². The number of amides is 2. The second-order valence-electron chi connectivity index (χ2n) is 9.98. The molecule has 1 aliphatic carbocycles. The van der Waals surface area contributed by atoms with Crippen LogP contribution in [0.3, 0.4) is 0 Å². The molecule has 4 unspecified atom stereocenters. The highest BCUT2D eigenvalue weighted by Crippen LogP contribution is 2.57. The molecule has 180 valence electrons. The summed E-state index contributed by atoms with van der Waals surface area (Å²) >= 11 is 0. The molecule has 36 heavy (non-hydrogen) atoms. The maximum Gasteiger partial charge on any atom is 0.237 e. The van der Waals surface area contributed by atoms with E-state index < -0.39 is 53.0 Å². The molecule has 2 amide bonds. The number of ketones is 2. The molecule has 0 radical (unpaired) electrons. The summed E-state index contributed by atoms with van der Waals surface area (Å²) in [5.41, 5.74) is 1.13. The number of ether oxygens (including phenoxy) is 1. The van der Waals surface area contributed by atoms with Crippen LogP contribution in [-0.2, 0) is 20.7 Å². The SMILES string of the molecule is Cc1ccc(C2OC3(C(=O)c4ccccc4C3=O)C3C(=O)N(C(C)Cc4ccccc4)C(=O)C23)cc1. The van der Waals surface area contributed by atoms with E-state index in [1.807, 2.05) is 68.4 Å². The summed E-state index contributed by atoms with van der Waals surface area (Å²) in [6.07, 6.45) is -0.411. The number of rotatable bonds is 4. The minimum Gasteiger partial charge on any atom is -0.349 e. The van der Waals surface area contributed by atoms with Gasteiger partial charge < -0.3 is 4.74 Å². The topological polar surface area (TPSA) is 80.8 Å². The first-order valence-electron chi connectivity index (χ1n) is 12.2. The van der Waals surface area contributed by atoms with Gasteiger partial charge in [0.2, 0.25) is 29.0 Å². The molecular weight excluding hydrogens is 454 g/mol. The Morgan fingerprint density at radius 1 is 0.806 bits per heavy atom. The van der Waals surface area contributed by atoms with Gasteiger partial charge >= 0.3 is 0 Å². The van der Waals surface area contributed by atoms with Gasteiger partial charge in [-0.1, -0.05) is 84.4 Å². The molecule has 3 aliphatic rings. The number of Topliss-reactive ketones (excluding diaryl/α,β-unsaturated/α-hetero) is 2. The normalized spacial score (nSPS) is 24.9. The molecule has 2 fully saturated rings. The molecular formula is C30H25NO5. The number of hydrogen-bond acceptors (Lipinski definition) is 5. The van der Waals surface area contributed by atoms with E-state index in [0.717, 1.165) is 11.1 Å². The molecule has 6 rings (SSSR count). The van der Waals surface area contributed by atoms with Gasteiger partial charge in [0.15, 0.2) is 0 Å². The van der Waals surface area contributed by atoms with E-state index in [1.54, 1.807) is 24.3 Å². The fourth-order valence-electron chi connectivity index (χ4n) is 6.08. The van der Waals surface area contributed by atoms with E-state index in [0.29, 0.717) is 12.0 Å². The van der Waals surface area contributed by atoms with E-state index in [1.165, 1.54) is 4.90 Å². The Labute approximate surface area is 208 Å². The monoisotopic (exact) mass is 479 g/mol. The number of fused-ring (bicyclic) bond motifs is 3. The number of hydrogen-bond donors (Lipinski definition) is 0. The first-order valence-corrected chi connectivity index (χ1v) is 12.2. The van der Waals surface area contributed by atoms with Crippen molar-refractivity contribution in [3.8, 4) is 0 Å². The molecule has 2 heterocycles. The summed E-state index contributed by atoms with van der Waals surface area (Å²) in [5.74, 6) is -4.15. The molecule has 3 aromatic rings. The number of nitrogens with zero attached hydrogens (tertiary/aromatic N) is 1. The van der Waals surface area contributed by atoms with Crippen LogP contribution in [0.5, 0.6) is 0 Å². The molecule has 2 saturated heterocycles. The summed E-state index contributed by atoms with van der Waals surface area (Å²) in [4.78, 5) is 56.7. The quantitative estimate of drug-likeness (QED) is 0.416. The third-order valence-electron chi connectivity index (χ3n) is 7.77. The average Bonchev–Trinajstić information content (AvgIpc) is 3.45. The molecule has 2 aliphatic heterocycles. The lowest BCUT2D eigenvalue weighted by Crippen LogP contribution is -2.52. The lowest BCUT2D eigenvalue weighted by atomic mass is 9.77. The van der Waals surface area contributed by atoms with Gasteiger partial charge in [-0.05, 0) is 31.4 Å². The van der Waals surface area contributed by atoms with Crippen LogP contribution in [0, 0.1) is 18.8 Å². The lowest BCUT2D eigenvalue weighted by Gasteiger charge is -2.29. The molecule has 1 spiro atoms. The minimum absolute atomic E-state index is 0.238. The fourth-order valence-corrected chi connectivity index (χ4v) is 6.08. The van der Waals surface area contributed by atoms with Crippen LogP contribution in [0.2, 0.25) is 0 Å². The first-order chi connectivity index (χ1) is 17.3. The number of imide groups is 1. The maximum atomic E-state index is 14.0. The number of benzene rings is 3. The third-order valence-corrected chi connectivity index (χ3v) is 7.77. The van der Waals surface area contributed by atoms with Gasteiger partial charge in [-0.15, -0.1) is 0 Å². The van der Waals surface area contributed by atoms with Crippen LogP contribution in [0.4, 0.5) is 0 Å². The summed E-state index contributed by atoms with van der Waals surface area (Å²) in [7, 11) is 0. The molecule has 0 aromatic heterocycles. The number of carbonyl (C=O) groups is 4. The Morgan fingerprint density at radius 2 is 1.39 bits per heavy atom. The standard InChI is InChI=1S/C30H25NO5/c1-17-12-14-20(15-13-17)25-23-24(30(36-25)26(32)21-10-6-7-11-22(21)27(30)33)29(35)31(28(23)34)18(2)16-19-8-4-3-5-9-19/h3-15,18,23-25H,16H2,1-2H3. The van der Waals surface area contributed by atoms with E-state index in [4.69, 9.17) is 4.74 Å². The second-order valence-corrected chi connectivity index (χ2v) is 9.98. The van der Waals surface area contributed by atoms with E-state index in [2.05, 4.69) is 0 Å². The van der Waals surface area contributed by atoms with Gasteiger partial charge in [-0.25, -0.2) is 0 Å². The van der Waals surface area contributed by atoms with Gasteiger partial charge in [-0.2, -0.15) is 0 Å². The fraction of sp³-hybridized carbons (Fsp3) is 0.267. The Hall–Kier alpha value is -3.90. The molecule has 0 saturated carbocycles. The van der Waals surface area contributed by atoms with E-state index in [9.17, 15) is 19.2 Å². The summed E-state index contributed by atoms with van der Waals surface area (Å²) in [6.45, 7) is 3.77. The zero-order chi connectivity index (χ0) is 25.2. The van der Waals surface area contributed by atoms with Crippen LogP contribution in [0.25, 0.3) is 0 Å². The summed E-state index contributed by atoms with van der Waals surface area (Å²) in [6, 6.07) is 23.2. The van der Waals surface area contributed by atoms with Gasteiger partial charge in [0.25, 0.3) is 0 Å². The van der Waals surface area contributed by atoms with Crippen molar-refractivity contribution >= 4 is 23.4 Å². The average molecular weight is 480 g/mol. The van der Waals surface area contributed by atoms with Crippen molar-refractivity contribution in [1.29, 1.82) is 0 Å². The lowest BCUT2D eigenvalue weighted by molar-refractivity contribution is -0.147. The first kappa shape index (κ1) is 22.6. The predicted molar refractivity (Wildman–Crippen MR) is 131 cm³/mol. The highest BCUT2D eigenvalue weighted by Gasteiger charge is 2.74. The maximum absolute atomic E-state index is 14.0. The molecule has 6 heteroatoms. The van der Waals surface area contributed by atoms with Crippen molar-refractivity contribution in [2.75, 3.05) is 0 Å². The molecule has 0 N–H and O–H groups in total. The number of carbonyl (C=O) groups excluding carboxylic acids is 4.